The summed E-state index contributed by atoms with van der Waals surface area (Å²) in [6.45, 7) is 3.58. The van der Waals surface area contributed by atoms with Crippen molar-refractivity contribution in [3.63, 3.8) is 0 Å². The molecule has 134 valence electrons. The van der Waals surface area contributed by atoms with Crippen molar-refractivity contribution in [2.75, 3.05) is 11.9 Å². The summed E-state index contributed by atoms with van der Waals surface area (Å²) >= 11 is 0. The summed E-state index contributed by atoms with van der Waals surface area (Å²) in [6.07, 6.45) is 5.33. The molecule has 0 unspecified atom stereocenters. The van der Waals surface area contributed by atoms with Gasteiger partial charge in [0.15, 0.2) is 0 Å². The van der Waals surface area contributed by atoms with E-state index in [2.05, 4.69) is 10.6 Å². The molecule has 2 N–H and O–H groups in total. The molecule has 1 aromatic carbocycles. The zero-order valence-corrected chi connectivity index (χ0v) is 14.9. The van der Waals surface area contributed by atoms with Crippen LogP contribution in [-0.2, 0) is 9.59 Å². The molecule has 0 bridgehead atoms. The molecule has 1 aliphatic heterocycles. The largest absolute Gasteiger partial charge is 0.325 e. The van der Waals surface area contributed by atoms with Gasteiger partial charge in [0.25, 0.3) is 5.91 Å². The first-order valence-electron chi connectivity index (χ1n) is 8.93. The van der Waals surface area contributed by atoms with Gasteiger partial charge in [-0.25, -0.2) is 4.79 Å². The summed E-state index contributed by atoms with van der Waals surface area (Å²) in [5.41, 5.74) is 1.84. The molecule has 1 saturated carbocycles. The molecule has 1 aromatic rings. The minimum atomic E-state index is -0.799. The number of benzene rings is 1. The number of nitrogens with one attached hydrogen (secondary N) is 2. The van der Waals surface area contributed by atoms with Crippen LogP contribution >= 0.6 is 0 Å². The van der Waals surface area contributed by atoms with Crippen LogP contribution in [0.3, 0.4) is 0 Å². The molecule has 1 heterocycles. The van der Waals surface area contributed by atoms with E-state index in [1.54, 1.807) is 0 Å². The zero-order valence-electron chi connectivity index (χ0n) is 14.9. The van der Waals surface area contributed by atoms with Crippen molar-refractivity contribution in [2.45, 2.75) is 57.9 Å². The molecule has 2 fully saturated rings. The third kappa shape index (κ3) is 3.38. The van der Waals surface area contributed by atoms with Crippen LogP contribution in [0.2, 0.25) is 0 Å². The average molecular weight is 343 g/mol. The summed E-state index contributed by atoms with van der Waals surface area (Å²) < 4.78 is 0. The molecule has 1 saturated heterocycles. The first kappa shape index (κ1) is 17.5. The number of imide groups is 1. The van der Waals surface area contributed by atoms with Gasteiger partial charge in [-0.3, -0.25) is 14.5 Å². The number of carbonyl (C=O) groups excluding carboxylic acids is 3. The van der Waals surface area contributed by atoms with Gasteiger partial charge in [-0.2, -0.15) is 0 Å². The predicted molar refractivity (Wildman–Crippen MR) is 95.2 cm³/mol. The number of urea groups is 1. The van der Waals surface area contributed by atoms with E-state index >= 15 is 0 Å². The SMILES string of the molecule is Cc1cccc(C)c1NC(=O)CN1C(=O)NC2(CCCCCC2)C1=O. The second-order valence-corrected chi connectivity index (χ2v) is 7.13. The van der Waals surface area contributed by atoms with Gasteiger partial charge >= 0.3 is 6.03 Å². The maximum absolute atomic E-state index is 12.8. The number of rotatable bonds is 3. The molecule has 2 aliphatic rings. The van der Waals surface area contributed by atoms with Crippen LogP contribution in [-0.4, -0.2) is 34.8 Å². The fourth-order valence-electron chi connectivity index (χ4n) is 3.82. The number of anilines is 1. The second kappa shape index (κ2) is 6.86. The van der Waals surface area contributed by atoms with Gasteiger partial charge in [0.2, 0.25) is 5.91 Å². The molecule has 1 aliphatic carbocycles. The molecule has 1 spiro atoms. The van der Waals surface area contributed by atoms with E-state index in [1.807, 2.05) is 32.0 Å². The molecule has 0 atom stereocenters. The molecule has 6 heteroatoms. The summed E-state index contributed by atoms with van der Waals surface area (Å²) in [5, 5.41) is 5.70. The van der Waals surface area contributed by atoms with E-state index in [0.717, 1.165) is 47.4 Å². The molecule has 25 heavy (non-hydrogen) atoms. The first-order valence-corrected chi connectivity index (χ1v) is 8.93. The first-order chi connectivity index (χ1) is 11.9. The third-order valence-electron chi connectivity index (χ3n) is 5.25. The minimum Gasteiger partial charge on any atom is -0.324 e. The Hall–Kier alpha value is -2.37. The Labute approximate surface area is 148 Å². The van der Waals surface area contributed by atoms with Crippen molar-refractivity contribution in [3.8, 4) is 0 Å². The van der Waals surface area contributed by atoms with E-state index in [9.17, 15) is 14.4 Å². The number of amides is 4. The standard InChI is InChI=1S/C19H25N3O3/c1-13-8-7-9-14(2)16(13)20-15(23)12-22-17(24)19(21-18(22)25)10-5-3-4-6-11-19/h7-9H,3-6,10-12H2,1-2H3,(H,20,23)(H,21,25). The highest BCUT2D eigenvalue weighted by Gasteiger charge is 2.51. The van der Waals surface area contributed by atoms with Crippen LogP contribution in [0, 0.1) is 13.8 Å². The second-order valence-electron chi connectivity index (χ2n) is 7.13. The van der Waals surface area contributed by atoms with Gasteiger partial charge in [-0.1, -0.05) is 43.9 Å². The number of hydrogen-bond donors (Lipinski definition) is 2. The molecule has 3 rings (SSSR count). The lowest BCUT2D eigenvalue weighted by Gasteiger charge is -2.24. The van der Waals surface area contributed by atoms with Crippen molar-refractivity contribution >= 4 is 23.5 Å². The van der Waals surface area contributed by atoms with E-state index in [0.29, 0.717) is 12.8 Å². The molecule has 4 amide bonds. The Bertz CT molecular complexity index is 686. The molecule has 0 aromatic heterocycles. The van der Waals surface area contributed by atoms with Gasteiger partial charge < -0.3 is 10.6 Å². The molecular formula is C19H25N3O3. The lowest BCUT2D eigenvalue weighted by Crippen LogP contribution is -2.47. The maximum Gasteiger partial charge on any atom is 0.325 e. The van der Waals surface area contributed by atoms with Gasteiger partial charge in [0.1, 0.15) is 12.1 Å². The Kier molecular flexibility index (Phi) is 4.79. The highest BCUT2D eigenvalue weighted by atomic mass is 16.2. The van der Waals surface area contributed by atoms with Crippen LogP contribution in [0.15, 0.2) is 18.2 Å². The normalized spacial score (nSPS) is 19.7. The summed E-state index contributed by atoms with van der Waals surface area (Å²) in [5.74, 6) is -0.609. The van der Waals surface area contributed by atoms with Crippen LogP contribution in [0.1, 0.15) is 49.7 Å². The van der Waals surface area contributed by atoms with E-state index in [1.165, 1.54) is 0 Å². The fraction of sp³-hybridized carbons (Fsp3) is 0.526. The van der Waals surface area contributed by atoms with Crippen LogP contribution in [0.5, 0.6) is 0 Å². The van der Waals surface area contributed by atoms with Crippen molar-refractivity contribution in [1.82, 2.24) is 10.2 Å². The molecule has 6 nitrogen and oxygen atoms in total. The fourth-order valence-corrected chi connectivity index (χ4v) is 3.82. The number of carbonyl (C=O) groups is 3. The highest BCUT2D eigenvalue weighted by Crippen LogP contribution is 2.32. The number of para-hydroxylation sites is 1. The van der Waals surface area contributed by atoms with Gasteiger partial charge in [0, 0.05) is 5.69 Å². The van der Waals surface area contributed by atoms with E-state index in [4.69, 9.17) is 0 Å². The third-order valence-corrected chi connectivity index (χ3v) is 5.25. The Morgan fingerprint density at radius 1 is 1.12 bits per heavy atom. The van der Waals surface area contributed by atoms with Crippen LogP contribution < -0.4 is 10.6 Å². The van der Waals surface area contributed by atoms with Gasteiger partial charge in [-0.05, 0) is 37.8 Å². The number of aryl methyl sites for hydroxylation is 2. The lowest BCUT2D eigenvalue weighted by atomic mass is 9.90. The highest BCUT2D eigenvalue weighted by molar-refractivity contribution is 6.10. The topological polar surface area (TPSA) is 78.5 Å². The molecular weight excluding hydrogens is 318 g/mol. The smallest absolute Gasteiger partial charge is 0.324 e. The van der Waals surface area contributed by atoms with Crippen molar-refractivity contribution < 1.29 is 14.4 Å². The van der Waals surface area contributed by atoms with Crippen molar-refractivity contribution in [1.29, 1.82) is 0 Å². The quantitative estimate of drug-likeness (QED) is 0.828. The van der Waals surface area contributed by atoms with Crippen LogP contribution in [0.25, 0.3) is 0 Å². The van der Waals surface area contributed by atoms with E-state index in [-0.39, 0.29) is 18.4 Å². The predicted octanol–water partition coefficient (Wildman–Crippen LogP) is 2.89. The summed E-state index contributed by atoms with van der Waals surface area (Å²) in [6, 6.07) is 5.30. The average Bonchev–Trinajstić information content (AvgIpc) is 2.74. The number of nitrogens with zero attached hydrogens (tertiary/aromatic N) is 1. The lowest BCUT2D eigenvalue weighted by molar-refractivity contribution is -0.134. The monoisotopic (exact) mass is 343 g/mol. The van der Waals surface area contributed by atoms with Crippen molar-refractivity contribution in [3.05, 3.63) is 29.3 Å². The Balaban J connectivity index is 1.71. The maximum atomic E-state index is 12.8. The van der Waals surface area contributed by atoms with E-state index < -0.39 is 11.6 Å². The van der Waals surface area contributed by atoms with Crippen molar-refractivity contribution in [2.24, 2.45) is 0 Å². The minimum absolute atomic E-state index is 0.250. The zero-order chi connectivity index (χ0) is 18.0. The number of hydrogen-bond acceptors (Lipinski definition) is 3. The molecule has 0 radical (unpaired) electrons. The van der Waals surface area contributed by atoms with Gasteiger partial charge in [0.05, 0.1) is 0 Å². The summed E-state index contributed by atoms with van der Waals surface area (Å²) in [7, 11) is 0. The van der Waals surface area contributed by atoms with Gasteiger partial charge in [-0.15, -0.1) is 0 Å². The Morgan fingerprint density at radius 3 is 2.32 bits per heavy atom. The summed E-state index contributed by atoms with van der Waals surface area (Å²) in [4.78, 5) is 38.6. The van der Waals surface area contributed by atoms with Crippen LogP contribution in [0.4, 0.5) is 10.5 Å². The Morgan fingerprint density at radius 2 is 1.72 bits per heavy atom.